The molecule has 0 radical (unpaired) electrons. The lowest BCUT2D eigenvalue weighted by molar-refractivity contribution is -0.140. The van der Waals surface area contributed by atoms with Gasteiger partial charge in [-0.3, -0.25) is 9.59 Å². The minimum absolute atomic E-state index is 0. The fraction of sp³-hybridized carbons (Fsp3) is 0.571. The number of rotatable bonds is 4. The number of nitrogens with one attached hydrogen (secondary N) is 2. The zero-order chi connectivity index (χ0) is 14.6. The van der Waals surface area contributed by atoms with Crippen molar-refractivity contribution in [2.75, 3.05) is 25.5 Å². The number of halogens is 1. The minimum Gasteiger partial charge on any atom is -0.368 e. The number of hydrogen-bond acceptors (Lipinski definition) is 4. The smallest absolute Gasteiger partial charge is 0.256 e. The molecule has 118 valence electrons. The SMILES string of the molecule is CCn1cc(NC(=O)C2(OC)CCNCC2)ccc1=O.Cl. The Hall–Kier alpha value is -1.37. The molecule has 1 amide bonds. The van der Waals surface area contributed by atoms with Crippen molar-refractivity contribution >= 4 is 24.0 Å². The summed E-state index contributed by atoms with van der Waals surface area (Å²) in [6.07, 6.45) is 2.94. The van der Waals surface area contributed by atoms with Gasteiger partial charge in [0.05, 0.1) is 5.69 Å². The standard InChI is InChI=1S/C14H21N3O3.ClH/c1-3-17-10-11(4-5-12(17)18)16-13(19)14(20-2)6-8-15-9-7-14;/h4-5,10,15H,3,6-9H2,1-2H3,(H,16,19);1H. The van der Waals surface area contributed by atoms with Crippen molar-refractivity contribution < 1.29 is 9.53 Å². The molecule has 0 bridgehead atoms. The Bertz CT molecular complexity index is 539. The van der Waals surface area contributed by atoms with Gasteiger partial charge in [0.2, 0.25) is 0 Å². The summed E-state index contributed by atoms with van der Waals surface area (Å²) in [4.78, 5) is 24.0. The molecule has 2 heterocycles. The summed E-state index contributed by atoms with van der Waals surface area (Å²) in [5, 5.41) is 6.07. The number of anilines is 1. The highest BCUT2D eigenvalue weighted by molar-refractivity contribution is 5.97. The maximum Gasteiger partial charge on any atom is 0.256 e. The molecule has 6 nitrogen and oxygen atoms in total. The third-order valence-corrected chi connectivity index (χ3v) is 3.80. The van der Waals surface area contributed by atoms with Crippen LogP contribution in [0.5, 0.6) is 0 Å². The number of piperidine rings is 1. The molecule has 21 heavy (non-hydrogen) atoms. The van der Waals surface area contributed by atoms with Crippen LogP contribution in [0, 0.1) is 0 Å². The van der Waals surface area contributed by atoms with Gasteiger partial charge < -0.3 is 19.9 Å². The quantitative estimate of drug-likeness (QED) is 0.869. The molecule has 1 aliphatic rings. The van der Waals surface area contributed by atoms with E-state index < -0.39 is 5.60 Å². The second-order valence-corrected chi connectivity index (χ2v) is 4.94. The molecule has 0 aromatic carbocycles. The highest BCUT2D eigenvalue weighted by Gasteiger charge is 2.39. The number of methoxy groups -OCH3 is 1. The van der Waals surface area contributed by atoms with Gasteiger partial charge in [-0.05, 0) is 38.9 Å². The third-order valence-electron chi connectivity index (χ3n) is 3.80. The second-order valence-electron chi connectivity index (χ2n) is 4.94. The van der Waals surface area contributed by atoms with Crippen LogP contribution in [0.25, 0.3) is 0 Å². The molecule has 7 heteroatoms. The molecule has 0 saturated carbocycles. The van der Waals surface area contributed by atoms with E-state index in [0.717, 1.165) is 13.1 Å². The molecule has 1 aliphatic heterocycles. The normalized spacial score (nSPS) is 16.9. The Morgan fingerprint density at radius 3 is 2.67 bits per heavy atom. The van der Waals surface area contributed by atoms with Crippen molar-refractivity contribution in [3.05, 3.63) is 28.7 Å². The number of pyridine rings is 1. The van der Waals surface area contributed by atoms with Gasteiger partial charge in [0.1, 0.15) is 5.60 Å². The van der Waals surface area contributed by atoms with Crippen LogP contribution in [0.4, 0.5) is 5.69 Å². The fourth-order valence-electron chi connectivity index (χ4n) is 2.45. The van der Waals surface area contributed by atoms with E-state index in [1.54, 1.807) is 23.9 Å². The summed E-state index contributed by atoms with van der Waals surface area (Å²) in [6, 6.07) is 3.08. The predicted molar refractivity (Wildman–Crippen MR) is 84.1 cm³/mol. The van der Waals surface area contributed by atoms with Crippen molar-refractivity contribution in [2.24, 2.45) is 0 Å². The Kier molecular flexibility index (Phi) is 6.39. The maximum absolute atomic E-state index is 12.5. The van der Waals surface area contributed by atoms with E-state index in [2.05, 4.69) is 10.6 Å². The van der Waals surface area contributed by atoms with E-state index >= 15 is 0 Å². The molecular weight excluding hydrogens is 294 g/mol. The zero-order valence-electron chi connectivity index (χ0n) is 12.3. The maximum atomic E-state index is 12.5. The second kappa shape index (κ2) is 7.59. The number of aromatic nitrogens is 1. The average molecular weight is 316 g/mol. The highest BCUT2D eigenvalue weighted by atomic mass is 35.5. The Balaban J connectivity index is 0.00000220. The summed E-state index contributed by atoms with van der Waals surface area (Å²) in [5.74, 6) is -0.150. The summed E-state index contributed by atoms with van der Waals surface area (Å²) in [5.41, 5.74) is -0.237. The largest absolute Gasteiger partial charge is 0.368 e. The fourth-order valence-corrected chi connectivity index (χ4v) is 2.45. The van der Waals surface area contributed by atoms with Crippen LogP contribution in [0.2, 0.25) is 0 Å². The molecule has 1 aromatic rings. The molecule has 1 fully saturated rings. The van der Waals surface area contributed by atoms with E-state index in [1.807, 2.05) is 6.92 Å². The Morgan fingerprint density at radius 1 is 1.43 bits per heavy atom. The van der Waals surface area contributed by atoms with Gasteiger partial charge in [-0.25, -0.2) is 0 Å². The van der Waals surface area contributed by atoms with E-state index in [-0.39, 0.29) is 23.9 Å². The molecule has 1 aromatic heterocycles. The van der Waals surface area contributed by atoms with Gasteiger partial charge in [-0.2, -0.15) is 0 Å². The first-order chi connectivity index (χ1) is 9.61. The van der Waals surface area contributed by atoms with Crippen LogP contribution in [0.15, 0.2) is 23.1 Å². The monoisotopic (exact) mass is 315 g/mol. The lowest BCUT2D eigenvalue weighted by Gasteiger charge is -2.34. The number of amides is 1. The van der Waals surface area contributed by atoms with E-state index in [9.17, 15) is 9.59 Å². The van der Waals surface area contributed by atoms with Crippen LogP contribution < -0.4 is 16.2 Å². The van der Waals surface area contributed by atoms with Gasteiger partial charge in [0.15, 0.2) is 0 Å². The number of carbonyl (C=O) groups is 1. The van der Waals surface area contributed by atoms with Crippen LogP contribution in [-0.2, 0) is 16.1 Å². The molecular formula is C14H22ClN3O3. The summed E-state index contributed by atoms with van der Waals surface area (Å²) in [6.45, 7) is 3.98. The molecule has 2 rings (SSSR count). The van der Waals surface area contributed by atoms with E-state index in [4.69, 9.17) is 4.74 Å². The van der Waals surface area contributed by atoms with Gasteiger partial charge in [-0.1, -0.05) is 0 Å². The Morgan fingerprint density at radius 2 is 2.10 bits per heavy atom. The van der Waals surface area contributed by atoms with Crippen molar-refractivity contribution in [1.29, 1.82) is 0 Å². The van der Waals surface area contributed by atoms with Gasteiger partial charge in [0, 0.05) is 25.9 Å². The molecule has 0 aliphatic carbocycles. The van der Waals surface area contributed by atoms with E-state index in [0.29, 0.717) is 25.1 Å². The molecule has 0 unspecified atom stereocenters. The van der Waals surface area contributed by atoms with Gasteiger partial charge >= 0.3 is 0 Å². The number of carbonyl (C=O) groups excluding carboxylic acids is 1. The number of nitrogens with zero attached hydrogens (tertiary/aromatic N) is 1. The van der Waals surface area contributed by atoms with Crippen LogP contribution in [0.1, 0.15) is 19.8 Å². The van der Waals surface area contributed by atoms with Crippen molar-refractivity contribution in [3.63, 3.8) is 0 Å². The summed E-state index contributed by atoms with van der Waals surface area (Å²) in [7, 11) is 1.57. The predicted octanol–water partition coefficient (Wildman–Crippen LogP) is 0.997. The van der Waals surface area contributed by atoms with E-state index in [1.165, 1.54) is 6.07 Å². The van der Waals surface area contributed by atoms with Crippen molar-refractivity contribution in [1.82, 2.24) is 9.88 Å². The zero-order valence-corrected chi connectivity index (χ0v) is 13.2. The summed E-state index contributed by atoms with van der Waals surface area (Å²) >= 11 is 0. The highest BCUT2D eigenvalue weighted by Crippen LogP contribution is 2.24. The van der Waals surface area contributed by atoms with Gasteiger partial charge in [0.25, 0.3) is 11.5 Å². The Labute approximate surface area is 130 Å². The third kappa shape index (κ3) is 3.84. The summed E-state index contributed by atoms with van der Waals surface area (Å²) < 4.78 is 7.03. The van der Waals surface area contributed by atoms with Crippen molar-refractivity contribution in [3.8, 4) is 0 Å². The van der Waals surface area contributed by atoms with Crippen LogP contribution in [0.3, 0.4) is 0 Å². The minimum atomic E-state index is -0.779. The first-order valence-corrected chi connectivity index (χ1v) is 6.89. The number of aryl methyl sites for hydroxylation is 1. The molecule has 0 atom stereocenters. The number of hydrogen-bond donors (Lipinski definition) is 2. The number of ether oxygens (including phenoxy) is 1. The average Bonchev–Trinajstić information content (AvgIpc) is 2.49. The first-order valence-electron chi connectivity index (χ1n) is 6.89. The molecule has 2 N–H and O–H groups in total. The molecule has 1 saturated heterocycles. The topological polar surface area (TPSA) is 72.4 Å². The van der Waals surface area contributed by atoms with Crippen LogP contribution in [-0.4, -0.2) is 36.3 Å². The van der Waals surface area contributed by atoms with Crippen LogP contribution >= 0.6 is 12.4 Å². The lowest BCUT2D eigenvalue weighted by Crippen LogP contribution is -2.51. The first kappa shape index (κ1) is 17.7. The lowest BCUT2D eigenvalue weighted by atomic mass is 9.91. The van der Waals surface area contributed by atoms with Crippen molar-refractivity contribution in [2.45, 2.75) is 31.9 Å². The van der Waals surface area contributed by atoms with Gasteiger partial charge in [-0.15, -0.1) is 12.4 Å². The molecule has 0 spiro atoms.